The zero-order chi connectivity index (χ0) is 19.1. The summed E-state index contributed by atoms with van der Waals surface area (Å²) in [6.07, 6.45) is -4.39. The zero-order valence-corrected chi connectivity index (χ0v) is 14.1. The van der Waals surface area contributed by atoms with Gasteiger partial charge >= 0.3 is 11.9 Å². The quantitative estimate of drug-likeness (QED) is 0.777. The van der Waals surface area contributed by atoms with Crippen molar-refractivity contribution >= 4 is 16.9 Å². The normalized spacial score (nSPS) is 11.7. The van der Waals surface area contributed by atoms with Crippen LogP contribution in [0.3, 0.4) is 0 Å². The van der Waals surface area contributed by atoms with E-state index < -0.39 is 11.7 Å². The van der Waals surface area contributed by atoms with E-state index in [-0.39, 0.29) is 18.1 Å². The maximum Gasteiger partial charge on any atom is 0.416 e. The smallest absolute Gasteiger partial charge is 0.337 e. The first-order valence-corrected chi connectivity index (χ1v) is 7.77. The molecule has 0 saturated carbocycles. The Labute approximate surface area is 146 Å². The highest BCUT2D eigenvalue weighted by Crippen LogP contribution is 2.29. The van der Waals surface area contributed by atoms with Gasteiger partial charge in [0.05, 0.1) is 16.6 Å². The van der Waals surface area contributed by atoms with Gasteiger partial charge in [0.25, 0.3) is 5.91 Å². The first-order valence-electron chi connectivity index (χ1n) is 7.77. The van der Waals surface area contributed by atoms with E-state index in [2.05, 4.69) is 4.98 Å². The molecule has 0 radical (unpaired) electrons. The van der Waals surface area contributed by atoms with Crippen molar-refractivity contribution in [2.24, 2.45) is 7.05 Å². The molecule has 0 fully saturated rings. The number of hydrogen-bond acceptors (Lipinski definition) is 2. The molecule has 3 aromatic rings. The lowest BCUT2D eigenvalue weighted by Crippen LogP contribution is -2.26. The highest BCUT2D eigenvalue weighted by Gasteiger charge is 2.30. The molecule has 1 N–H and O–H groups in total. The average Bonchev–Trinajstić information content (AvgIpc) is 2.87. The maximum absolute atomic E-state index is 12.6. The molecule has 1 amide bonds. The summed E-state index contributed by atoms with van der Waals surface area (Å²) in [7, 11) is 3.19. The van der Waals surface area contributed by atoms with Crippen LogP contribution in [0.1, 0.15) is 21.5 Å². The van der Waals surface area contributed by atoms with Crippen LogP contribution in [0, 0.1) is 0 Å². The van der Waals surface area contributed by atoms with E-state index in [0.717, 1.165) is 12.1 Å². The SMILES string of the molecule is CN(Cc1ccc(C(F)(F)F)cc1)C(=O)c1ccc2c(c1)[nH]c(=O)n2C. The third-order valence-electron chi connectivity index (χ3n) is 4.20. The topological polar surface area (TPSA) is 58.1 Å². The summed E-state index contributed by atoms with van der Waals surface area (Å²) in [5.74, 6) is -0.295. The summed E-state index contributed by atoms with van der Waals surface area (Å²) < 4.78 is 39.2. The minimum atomic E-state index is -4.39. The highest BCUT2D eigenvalue weighted by atomic mass is 19.4. The Morgan fingerprint density at radius 2 is 1.81 bits per heavy atom. The Hall–Kier alpha value is -3.03. The van der Waals surface area contributed by atoms with Crippen molar-refractivity contribution < 1.29 is 18.0 Å². The van der Waals surface area contributed by atoms with E-state index in [1.807, 2.05) is 0 Å². The van der Waals surface area contributed by atoms with Gasteiger partial charge in [0, 0.05) is 26.2 Å². The summed E-state index contributed by atoms with van der Waals surface area (Å²) in [6.45, 7) is 0.167. The first-order chi connectivity index (χ1) is 12.2. The van der Waals surface area contributed by atoms with Crippen molar-refractivity contribution in [3.05, 3.63) is 69.6 Å². The van der Waals surface area contributed by atoms with Crippen molar-refractivity contribution in [3.8, 4) is 0 Å². The highest BCUT2D eigenvalue weighted by molar-refractivity contribution is 5.97. The summed E-state index contributed by atoms with van der Waals surface area (Å²) in [5.41, 5.74) is 1.19. The molecule has 0 aliphatic carbocycles. The van der Waals surface area contributed by atoms with Gasteiger partial charge in [-0.25, -0.2) is 4.79 Å². The summed E-state index contributed by atoms with van der Waals surface area (Å²) in [6, 6.07) is 9.56. The number of rotatable bonds is 3. The number of alkyl halides is 3. The number of carbonyl (C=O) groups excluding carboxylic acids is 1. The number of aromatic amines is 1. The van der Waals surface area contributed by atoms with Crippen molar-refractivity contribution in [2.45, 2.75) is 12.7 Å². The molecule has 5 nitrogen and oxygen atoms in total. The largest absolute Gasteiger partial charge is 0.416 e. The summed E-state index contributed by atoms with van der Waals surface area (Å²) in [5, 5.41) is 0. The fraction of sp³-hybridized carbons (Fsp3) is 0.222. The van der Waals surface area contributed by atoms with Crippen LogP contribution in [0.2, 0.25) is 0 Å². The van der Waals surface area contributed by atoms with E-state index >= 15 is 0 Å². The Morgan fingerprint density at radius 1 is 1.15 bits per heavy atom. The predicted octanol–water partition coefficient (Wildman–Crippen LogP) is 3.16. The Morgan fingerprint density at radius 3 is 2.42 bits per heavy atom. The number of aryl methyl sites for hydroxylation is 1. The van der Waals surface area contributed by atoms with Crippen molar-refractivity contribution in [1.82, 2.24) is 14.5 Å². The van der Waals surface area contributed by atoms with Gasteiger partial charge in [0.1, 0.15) is 0 Å². The minimum Gasteiger partial charge on any atom is -0.337 e. The van der Waals surface area contributed by atoms with E-state index in [9.17, 15) is 22.8 Å². The fourth-order valence-corrected chi connectivity index (χ4v) is 2.74. The molecular weight excluding hydrogens is 347 g/mol. The molecule has 1 aromatic heterocycles. The van der Waals surface area contributed by atoms with Crippen LogP contribution in [0.25, 0.3) is 11.0 Å². The zero-order valence-electron chi connectivity index (χ0n) is 14.1. The van der Waals surface area contributed by atoms with Gasteiger partial charge in [0.15, 0.2) is 0 Å². The number of halogens is 3. The van der Waals surface area contributed by atoms with Crippen LogP contribution in [0.15, 0.2) is 47.3 Å². The molecule has 2 aromatic carbocycles. The molecule has 1 heterocycles. The van der Waals surface area contributed by atoms with E-state index in [4.69, 9.17) is 0 Å². The Kier molecular flexibility index (Phi) is 4.35. The van der Waals surface area contributed by atoms with Gasteiger partial charge in [0.2, 0.25) is 0 Å². The van der Waals surface area contributed by atoms with Gasteiger partial charge in [-0.3, -0.25) is 9.36 Å². The van der Waals surface area contributed by atoms with E-state index in [1.165, 1.54) is 21.6 Å². The van der Waals surface area contributed by atoms with Crippen molar-refractivity contribution in [2.75, 3.05) is 7.05 Å². The molecule has 0 aliphatic rings. The predicted molar refractivity (Wildman–Crippen MR) is 90.8 cm³/mol. The van der Waals surface area contributed by atoms with Gasteiger partial charge in [-0.2, -0.15) is 13.2 Å². The molecular formula is C18H16F3N3O2. The molecule has 136 valence electrons. The van der Waals surface area contributed by atoms with Crippen molar-refractivity contribution in [3.63, 3.8) is 0 Å². The maximum atomic E-state index is 12.6. The van der Waals surface area contributed by atoms with Crippen LogP contribution in [0.4, 0.5) is 13.2 Å². The molecule has 0 bridgehead atoms. The minimum absolute atomic E-state index is 0.167. The van der Waals surface area contributed by atoms with Gasteiger partial charge < -0.3 is 9.88 Å². The number of hydrogen-bond donors (Lipinski definition) is 1. The molecule has 0 unspecified atom stereocenters. The molecule has 0 atom stereocenters. The summed E-state index contributed by atoms with van der Waals surface area (Å²) in [4.78, 5) is 28.3. The lowest BCUT2D eigenvalue weighted by atomic mass is 10.1. The number of benzene rings is 2. The van der Waals surface area contributed by atoms with Gasteiger partial charge in [-0.1, -0.05) is 12.1 Å². The molecule has 0 aliphatic heterocycles. The van der Waals surface area contributed by atoms with E-state index in [0.29, 0.717) is 22.2 Å². The number of H-pyrrole nitrogens is 1. The van der Waals surface area contributed by atoms with Crippen LogP contribution < -0.4 is 5.69 Å². The monoisotopic (exact) mass is 363 g/mol. The fourth-order valence-electron chi connectivity index (χ4n) is 2.74. The number of fused-ring (bicyclic) bond motifs is 1. The lowest BCUT2D eigenvalue weighted by molar-refractivity contribution is -0.137. The first kappa shape index (κ1) is 17.8. The van der Waals surface area contributed by atoms with Crippen molar-refractivity contribution in [1.29, 1.82) is 0 Å². The molecule has 8 heteroatoms. The second-order valence-corrected chi connectivity index (χ2v) is 6.08. The number of imidazole rings is 1. The molecule has 0 saturated heterocycles. The standard InChI is InChI=1S/C18H16F3N3O2/c1-23(10-11-3-6-13(7-4-11)18(19,20)21)16(25)12-5-8-15-14(9-12)22-17(26)24(15)2/h3-9H,10H2,1-2H3,(H,22,26). The lowest BCUT2D eigenvalue weighted by Gasteiger charge is -2.18. The van der Waals surface area contributed by atoms with Crippen LogP contribution >= 0.6 is 0 Å². The second kappa shape index (κ2) is 6.36. The molecule has 3 rings (SSSR count). The number of nitrogens with zero attached hydrogens (tertiary/aromatic N) is 2. The summed E-state index contributed by atoms with van der Waals surface area (Å²) >= 11 is 0. The average molecular weight is 363 g/mol. The number of aromatic nitrogens is 2. The molecule has 0 spiro atoms. The Bertz CT molecular complexity index is 1020. The molecule has 26 heavy (non-hydrogen) atoms. The number of amides is 1. The van der Waals surface area contributed by atoms with Crippen LogP contribution in [-0.2, 0) is 19.8 Å². The number of carbonyl (C=O) groups is 1. The third-order valence-corrected chi connectivity index (χ3v) is 4.20. The van der Waals surface area contributed by atoms with Crippen LogP contribution in [0.5, 0.6) is 0 Å². The van der Waals surface area contributed by atoms with E-state index in [1.54, 1.807) is 32.3 Å². The van der Waals surface area contributed by atoms with Gasteiger partial charge in [-0.05, 0) is 35.9 Å². The van der Waals surface area contributed by atoms with Gasteiger partial charge in [-0.15, -0.1) is 0 Å². The number of nitrogens with one attached hydrogen (secondary N) is 1. The third kappa shape index (κ3) is 3.35. The second-order valence-electron chi connectivity index (χ2n) is 6.08. The Balaban J connectivity index is 1.78. The van der Waals surface area contributed by atoms with Crippen LogP contribution in [-0.4, -0.2) is 27.4 Å².